The lowest BCUT2D eigenvalue weighted by Gasteiger charge is -2.23. The third-order valence-electron chi connectivity index (χ3n) is 3.36. The highest BCUT2D eigenvalue weighted by Gasteiger charge is 2.29. The van der Waals surface area contributed by atoms with Gasteiger partial charge in [0.05, 0.1) is 4.90 Å². The van der Waals surface area contributed by atoms with Crippen LogP contribution in [0.4, 0.5) is 0 Å². The second-order valence-corrected chi connectivity index (χ2v) is 6.55. The molecule has 1 aliphatic rings. The number of hydrogen-bond acceptors (Lipinski definition) is 4. The summed E-state index contributed by atoms with van der Waals surface area (Å²) in [6, 6.07) is 5.65. The van der Waals surface area contributed by atoms with Crippen molar-refractivity contribution in [3.8, 4) is 0 Å². The van der Waals surface area contributed by atoms with Gasteiger partial charge in [-0.25, -0.2) is 8.42 Å². The molecule has 1 unspecified atom stereocenters. The third kappa shape index (κ3) is 2.78. The first-order valence-corrected chi connectivity index (χ1v) is 7.45. The lowest BCUT2D eigenvalue weighted by molar-refractivity contribution is 0.1000. The SMILES string of the molecule is CN(C1CCNC1)S(=O)(=O)c1ccc(C(N)=O)cc1. The number of sulfonamides is 1. The molecule has 7 heteroatoms. The van der Waals surface area contributed by atoms with Crippen LogP contribution in [0.15, 0.2) is 29.2 Å². The van der Waals surface area contributed by atoms with Crippen molar-refractivity contribution in [1.29, 1.82) is 0 Å². The molecule has 1 fully saturated rings. The molecular formula is C12H17N3O3S. The van der Waals surface area contributed by atoms with Gasteiger partial charge in [-0.15, -0.1) is 0 Å². The lowest BCUT2D eigenvalue weighted by atomic mass is 10.2. The van der Waals surface area contributed by atoms with Crippen LogP contribution in [0.2, 0.25) is 0 Å². The first-order valence-electron chi connectivity index (χ1n) is 6.01. The van der Waals surface area contributed by atoms with Gasteiger partial charge in [-0.05, 0) is 37.2 Å². The number of carbonyl (C=O) groups is 1. The highest BCUT2D eigenvalue weighted by molar-refractivity contribution is 7.89. The van der Waals surface area contributed by atoms with Gasteiger partial charge in [0.15, 0.2) is 0 Å². The number of carbonyl (C=O) groups excluding carboxylic acids is 1. The second kappa shape index (κ2) is 5.28. The zero-order valence-electron chi connectivity index (χ0n) is 10.7. The molecule has 0 bridgehead atoms. The van der Waals surface area contributed by atoms with E-state index in [-0.39, 0.29) is 10.9 Å². The summed E-state index contributed by atoms with van der Waals surface area (Å²) < 4.78 is 26.1. The van der Waals surface area contributed by atoms with Crippen LogP contribution in [0.25, 0.3) is 0 Å². The molecule has 1 saturated heterocycles. The molecule has 1 aliphatic heterocycles. The maximum absolute atomic E-state index is 12.4. The largest absolute Gasteiger partial charge is 0.366 e. The normalized spacial score (nSPS) is 19.8. The van der Waals surface area contributed by atoms with E-state index >= 15 is 0 Å². The number of nitrogens with zero attached hydrogens (tertiary/aromatic N) is 1. The summed E-state index contributed by atoms with van der Waals surface area (Å²) in [7, 11) is -1.95. The number of nitrogens with one attached hydrogen (secondary N) is 1. The van der Waals surface area contributed by atoms with E-state index in [1.807, 2.05) is 0 Å². The first kappa shape index (κ1) is 14.0. The molecule has 0 spiro atoms. The highest BCUT2D eigenvalue weighted by Crippen LogP contribution is 2.19. The van der Waals surface area contributed by atoms with Crippen LogP contribution in [0.5, 0.6) is 0 Å². The first-order chi connectivity index (χ1) is 8.93. The Kier molecular flexibility index (Phi) is 3.88. The minimum atomic E-state index is -3.52. The molecule has 1 heterocycles. The zero-order valence-corrected chi connectivity index (χ0v) is 11.5. The van der Waals surface area contributed by atoms with E-state index in [4.69, 9.17) is 5.73 Å². The van der Waals surface area contributed by atoms with Crippen molar-refractivity contribution in [1.82, 2.24) is 9.62 Å². The van der Waals surface area contributed by atoms with Gasteiger partial charge in [-0.1, -0.05) is 0 Å². The Morgan fingerprint density at radius 1 is 1.37 bits per heavy atom. The van der Waals surface area contributed by atoms with Crippen LogP contribution >= 0.6 is 0 Å². The summed E-state index contributed by atoms with van der Waals surface area (Å²) in [5.74, 6) is -0.572. The van der Waals surface area contributed by atoms with Crippen molar-refractivity contribution < 1.29 is 13.2 Å². The number of likely N-dealkylation sites (N-methyl/N-ethyl adjacent to an activating group) is 1. The van der Waals surface area contributed by atoms with Crippen molar-refractivity contribution in [3.63, 3.8) is 0 Å². The number of hydrogen-bond donors (Lipinski definition) is 2. The topological polar surface area (TPSA) is 92.5 Å². The molecule has 6 nitrogen and oxygen atoms in total. The molecule has 19 heavy (non-hydrogen) atoms. The molecule has 104 valence electrons. The van der Waals surface area contributed by atoms with Gasteiger partial charge in [-0.3, -0.25) is 4.79 Å². The Bertz CT molecular complexity index is 562. The minimum absolute atomic E-state index is 0.0270. The number of benzene rings is 1. The van der Waals surface area contributed by atoms with E-state index in [1.54, 1.807) is 7.05 Å². The van der Waals surface area contributed by atoms with Crippen LogP contribution in [-0.2, 0) is 10.0 Å². The summed E-state index contributed by atoms with van der Waals surface area (Å²) >= 11 is 0. The van der Waals surface area contributed by atoms with E-state index in [2.05, 4.69) is 5.32 Å². The lowest BCUT2D eigenvalue weighted by Crippen LogP contribution is -2.38. The molecule has 0 saturated carbocycles. The van der Waals surface area contributed by atoms with Crippen LogP contribution in [-0.4, -0.2) is 44.8 Å². The number of amides is 1. The van der Waals surface area contributed by atoms with Gasteiger partial charge in [-0.2, -0.15) is 4.31 Å². The van der Waals surface area contributed by atoms with Gasteiger partial charge in [0, 0.05) is 25.2 Å². The van der Waals surface area contributed by atoms with Gasteiger partial charge in [0.1, 0.15) is 0 Å². The quantitative estimate of drug-likeness (QED) is 0.798. The Labute approximate surface area is 112 Å². The van der Waals surface area contributed by atoms with Crippen molar-refractivity contribution in [2.75, 3.05) is 20.1 Å². The predicted octanol–water partition coefficient (Wildman–Crippen LogP) is -0.232. The minimum Gasteiger partial charge on any atom is -0.366 e. The summed E-state index contributed by atoms with van der Waals surface area (Å²) in [5, 5.41) is 3.13. The third-order valence-corrected chi connectivity index (χ3v) is 5.29. The van der Waals surface area contributed by atoms with Gasteiger partial charge >= 0.3 is 0 Å². The maximum Gasteiger partial charge on any atom is 0.248 e. The fraction of sp³-hybridized carbons (Fsp3) is 0.417. The standard InChI is InChI=1S/C12H17N3O3S/c1-15(10-6-7-14-8-10)19(17,18)11-4-2-9(3-5-11)12(13)16/h2-5,10,14H,6-8H2,1H3,(H2,13,16). The molecule has 3 N–H and O–H groups in total. The smallest absolute Gasteiger partial charge is 0.248 e. The van der Waals surface area contributed by atoms with Crippen LogP contribution in [0, 0.1) is 0 Å². The van der Waals surface area contributed by atoms with Crippen LogP contribution in [0.1, 0.15) is 16.8 Å². The molecule has 0 aromatic heterocycles. The molecule has 0 aliphatic carbocycles. The van der Waals surface area contributed by atoms with E-state index in [9.17, 15) is 13.2 Å². The summed E-state index contributed by atoms with van der Waals surface area (Å²) in [4.78, 5) is 11.1. The molecule has 1 atom stereocenters. The molecule has 0 radical (unpaired) electrons. The molecule has 1 aromatic rings. The number of primary amides is 1. The Morgan fingerprint density at radius 2 is 2.00 bits per heavy atom. The van der Waals surface area contributed by atoms with Crippen molar-refractivity contribution in [3.05, 3.63) is 29.8 Å². The predicted molar refractivity (Wildman–Crippen MR) is 71.2 cm³/mol. The monoisotopic (exact) mass is 283 g/mol. The summed E-state index contributed by atoms with van der Waals surface area (Å²) in [6.45, 7) is 1.49. The summed E-state index contributed by atoms with van der Waals surface area (Å²) in [6.07, 6.45) is 0.801. The van der Waals surface area contributed by atoms with Crippen LogP contribution in [0.3, 0.4) is 0 Å². The molecule has 1 aromatic carbocycles. The van der Waals surface area contributed by atoms with E-state index in [0.717, 1.165) is 13.0 Å². The van der Waals surface area contributed by atoms with E-state index in [0.29, 0.717) is 12.1 Å². The number of nitrogens with two attached hydrogens (primary N) is 1. The highest BCUT2D eigenvalue weighted by atomic mass is 32.2. The van der Waals surface area contributed by atoms with Gasteiger partial charge < -0.3 is 11.1 Å². The van der Waals surface area contributed by atoms with Crippen LogP contribution < -0.4 is 11.1 Å². The average Bonchev–Trinajstić information content (AvgIpc) is 2.91. The summed E-state index contributed by atoms with van der Waals surface area (Å²) in [5.41, 5.74) is 5.42. The van der Waals surface area contributed by atoms with Gasteiger partial charge in [0.2, 0.25) is 15.9 Å². The molecular weight excluding hydrogens is 266 g/mol. The van der Waals surface area contributed by atoms with Crippen molar-refractivity contribution in [2.45, 2.75) is 17.4 Å². The average molecular weight is 283 g/mol. The number of rotatable bonds is 4. The Hall–Kier alpha value is -1.44. The molecule has 1 amide bonds. The fourth-order valence-corrected chi connectivity index (χ4v) is 3.49. The Morgan fingerprint density at radius 3 is 2.47 bits per heavy atom. The maximum atomic E-state index is 12.4. The van der Waals surface area contributed by atoms with Crippen molar-refractivity contribution in [2.24, 2.45) is 5.73 Å². The Balaban J connectivity index is 2.25. The van der Waals surface area contributed by atoms with Crippen molar-refractivity contribution >= 4 is 15.9 Å². The second-order valence-electron chi connectivity index (χ2n) is 4.56. The van der Waals surface area contributed by atoms with Gasteiger partial charge in [0.25, 0.3) is 0 Å². The fourth-order valence-electron chi connectivity index (χ4n) is 2.10. The zero-order chi connectivity index (χ0) is 14.0. The molecule has 2 rings (SSSR count). The van der Waals surface area contributed by atoms with E-state index in [1.165, 1.54) is 28.6 Å². The van der Waals surface area contributed by atoms with E-state index < -0.39 is 15.9 Å².